The van der Waals surface area contributed by atoms with E-state index in [0.717, 1.165) is 9.60 Å². The summed E-state index contributed by atoms with van der Waals surface area (Å²) in [6.07, 6.45) is 0. The van der Waals surface area contributed by atoms with Crippen molar-refractivity contribution in [3.05, 3.63) is 77.4 Å². The van der Waals surface area contributed by atoms with E-state index < -0.39 is 0 Å². The van der Waals surface area contributed by atoms with Crippen molar-refractivity contribution in [2.24, 2.45) is 0 Å². The molecule has 2 heterocycles. The van der Waals surface area contributed by atoms with Crippen molar-refractivity contribution in [2.75, 3.05) is 10.7 Å². The van der Waals surface area contributed by atoms with Gasteiger partial charge in [-0.25, -0.2) is 9.88 Å². The van der Waals surface area contributed by atoms with Crippen LogP contribution in [0, 0.1) is 0 Å². The molecule has 2 N–H and O–H groups in total. The Labute approximate surface area is 189 Å². The first-order chi connectivity index (χ1) is 15.4. The van der Waals surface area contributed by atoms with Crippen LogP contribution in [0.15, 0.2) is 65.0 Å². The number of anilines is 1. The number of aromatic nitrogens is 1. The van der Waals surface area contributed by atoms with E-state index in [-0.39, 0.29) is 34.8 Å². The smallest absolute Gasteiger partial charge is 0.266 e. The van der Waals surface area contributed by atoms with Gasteiger partial charge in [0, 0.05) is 5.56 Å². The predicted octanol–water partition coefficient (Wildman–Crippen LogP) is 4.48. The van der Waals surface area contributed by atoms with Gasteiger partial charge in [-0.2, -0.15) is 0 Å². The summed E-state index contributed by atoms with van der Waals surface area (Å²) >= 11 is 2.61. The second-order valence-electron chi connectivity index (χ2n) is 7.04. The molecular weight excluding hydrogens is 448 g/mol. The predicted molar refractivity (Wildman–Crippen MR) is 122 cm³/mol. The van der Waals surface area contributed by atoms with Gasteiger partial charge in [0.1, 0.15) is 0 Å². The summed E-state index contributed by atoms with van der Waals surface area (Å²) < 4.78 is 1.45. The van der Waals surface area contributed by atoms with Gasteiger partial charge in [-0.05, 0) is 48.5 Å². The molecule has 32 heavy (non-hydrogen) atoms. The van der Waals surface area contributed by atoms with Gasteiger partial charge < -0.3 is 10.2 Å². The monoisotopic (exact) mass is 462 g/mol. The van der Waals surface area contributed by atoms with Crippen LogP contribution < -0.4 is 4.90 Å². The van der Waals surface area contributed by atoms with E-state index in [9.17, 15) is 24.6 Å². The number of carbonyl (C=O) groups excluding carboxylic acids is 3. The first-order valence-electron chi connectivity index (χ1n) is 9.49. The summed E-state index contributed by atoms with van der Waals surface area (Å²) in [6.45, 7) is 0. The minimum Gasteiger partial charge on any atom is -0.504 e. The fourth-order valence-electron chi connectivity index (χ4n) is 3.42. The number of phenols is 2. The summed E-state index contributed by atoms with van der Waals surface area (Å²) in [5, 5.41) is 18.9. The third kappa shape index (κ3) is 3.41. The fourth-order valence-corrected chi connectivity index (χ4v) is 5.42. The third-order valence-corrected chi connectivity index (χ3v) is 7.19. The molecule has 158 valence electrons. The molecule has 4 aromatic rings. The number of thiazole rings is 1. The number of hydrogen-bond acceptors (Lipinski definition) is 8. The topological polar surface area (TPSA) is 108 Å². The molecule has 0 saturated heterocycles. The molecule has 0 bridgehead atoms. The molecule has 0 saturated carbocycles. The number of ketones is 1. The lowest BCUT2D eigenvalue weighted by Crippen LogP contribution is -2.29. The highest BCUT2D eigenvalue weighted by molar-refractivity contribution is 8.01. The number of amides is 2. The van der Waals surface area contributed by atoms with Crippen molar-refractivity contribution in [3.63, 3.8) is 0 Å². The lowest BCUT2D eigenvalue weighted by atomic mass is 10.1. The minimum absolute atomic E-state index is 0.106. The number of rotatable bonds is 5. The minimum atomic E-state index is -0.355. The van der Waals surface area contributed by atoms with Crippen molar-refractivity contribution < 1.29 is 24.6 Å². The molecule has 0 spiro atoms. The molecule has 2 amide bonds. The molecule has 0 fully saturated rings. The lowest BCUT2D eigenvalue weighted by molar-refractivity contribution is 0.0925. The largest absolute Gasteiger partial charge is 0.504 e. The Morgan fingerprint density at radius 1 is 0.938 bits per heavy atom. The molecule has 0 unspecified atom stereocenters. The van der Waals surface area contributed by atoms with Crippen LogP contribution in [0.5, 0.6) is 11.5 Å². The summed E-state index contributed by atoms with van der Waals surface area (Å²) in [5.74, 6) is -1.44. The molecule has 9 heteroatoms. The maximum Gasteiger partial charge on any atom is 0.266 e. The highest BCUT2D eigenvalue weighted by Gasteiger charge is 2.36. The second-order valence-corrected chi connectivity index (χ2v) is 9.29. The van der Waals surface area contributed by atoms with E-state index in [2.05, 4.69) is 4.98 Å². The van der Waals surface area contributed by atoms with Crippen LogP contribution in [-0.2, 0) is 0 Å². The van der Waals surface area contributed by atoms with Gasteiger partial charge in [0.15, 0.2) is 21.6 Å². The lowest BCUT2D eigenvalue weighted by Gasteiger charge is -2.13. The highest BCUT2D eigenvalue weighted by Crippen LogP contribution is 2.35. The van der Waals surface area contributed by atoms with E-state index >= 15 is 0 Å². The first kappa shape index (κ1) is 20.2. The zero-order valence-electron chi connectivity index (χ0n) is 16.3. The highest BCUT2D eigenvalue weighted by atomic mass is 32.2. The van der Waals surface area contributed by atoms with Gasteiger partial charge >= 0.3 is 0 Å². The first-order valence-corrected chi connectivity index (χ1v) is 11.3. The molecule has 5 rings (SSSR count). The van der Waals surface area contributed by atoms with E-state index in [1.165, 1.54) is 41.3 Å². The Balaban J connectivity index is 1.36. The average molecular weight is 463 g/mol. The summed E-state index contributed by atoms with van der Waals surface area (Å²) in [6, 6.07) is 15.9. The molecule has 1 aromatic heterocycles. The Bertz CT molecular complexity index is 1390. The van der Waals surface area contributed by atoms with E-state index in [1.54, 1.807) is 42.5 Å². The summed E-state index contributed by atoms with van der Waals surface area (Å²) in [5.41, 5.74) is 2.24. The molecule has 0 aliphatic carbocycles. The van der Waals surface area contributed by atoms with Crippen LogP contribution >= 0.6 is 23.1 Å². The van der Waals surface area contributed by atoms with Crippen LogP contribution in [-0.4, -0.2) is 38.5 Å². The maximum absolute atomic E-state index is 12.7. The number of Topliss-reactive ketones (excluding diaryl/α,β-unsaturated/α-hetero) is 1. The molecule has 1 aliphatic rings. The van der Waals surface area contributed by atoms with Crippen molar-refractivity contribution in [1.29, 1.82) is 0 Å². The molecule has 3 aromatic carbocycles. The maximum atomic E-state index is 12.7. The van der Waals surface area contributed by atoms with Crippen LogP contribution in [0.25, 0.3) is 10.2 Å². The van der Waals surface area contributed by atoms with Crippen molar-refractivity contribution in [2.45, 2.75) is 4.34 Å². The quantitative estimate of drug-likeness (QED) is 0.195. The van der Waals surface area contributed by atoms with Gasteiger partial charge in [-0.15, -0.1) is 11.3 Å². The number of thioether (sulfide) groups is 1. The number of phenolic OH excluding ortho intramolecular Hbond substituents is 2. The number of aromatic hydroxyl groups is 2. The standard InChI is InChI=1S/C23H14N2O5S2/c26-17-8-5-12(9-18(17)27)19(28)11-31-23-24-16-7-6-13(10-20(16)32-23)25-21(29)14-3-1-2-4-15(14)22(25)30/h1-10,26-27H,11H2. The molecule has 7 nitrogen and oxygen atoms in total. The van der Waals surface area contributed by atoms with Crippen LogP contribution in [0.1, 0.15) is 31.1 Å². The van der Waals surface area contributed by atoms with Crippen molar-refractivity contribution in [3.8, 4) is 11.5 Å². The Morgan fingerprint density at radius 2 is 1.66 bits per heavy atom. The van der Waals surface area contributed by atoms with Gasteiger partial charge in [0.05, 0.1) is 32.8 Å². The van der Waals surface area contributed by atoms with Gasteiger partial charge in [-0.3, -0.25) is 14.4 Å². The van der Waals surface area contributed by atoms with Crippen molar-refractivity contribution in [1.82, 2.24) is 4.98 Å². The fraction of sp³-hybridized carbons (Fsp3) is 0.0435. The molecule has 1 aliphatic heterocycles. The number of benzene rings is 3. The molecule has 0 radical (unpaired) electrons. The zero-order chi connectivity index (χ0) is 22.4. The van der Waals surface area contributed by atoms with Gasteiger partial charge in [0.25, 0.3) is 11.8 Å². The number of nitrogens with zero attached hydrogens (tertiary/aromatic N) is 2. The Morgan fingerprint density at radius 3 is 2.34 bits per heavy atom. The summed E-state index contributed by atoms with van der Waals surface area (Å²) in [7, 11) is 0. The normalized spacial score (nSPS) is 13.1. The number of fused-ring (bicyclic) bond motifs is 2. The number of imide groups is 1. The average Bonchev–Trinajstić information content (AvgIpc) is 3.32. The number of hydrogen-bond donors (Lipinski definition) is 2. The van der Waals surface area contributed by atoms with Crippen LogP contribution in [0.4, 0.5) is 5.69 Å². The van der Waals surface area contributed by atoms with E-state index in [1.807, 2.05) is 0 Å². The van der Waals surface area contributed by atoms with Crippen LogP contribution in [0.2, 0.25) is 0 Å². The Kier molecular flexibility index (Phi) is 4.91. The summed E-state index contributed by atoms with van der Waals surface area (Å²) in [4.78, 5) is 43.5. The second kappa shape index (κ2) is 7.77. The van der Waals surface area contributed by atoms with Gasteiger partial charge in [-0.1, -0.05) is 23.9 Å². The van der Waals surface area contributed by atoms with E-state index in [0.29, 0.717) is 32.2 Å². The SMILES string of the molecule is O=C(CSc1nc2ccc(N3C(=O)c4ccccc4C3=O)cc2s1)c1ccc(O)c(O)c1. The number of carbonyl (C=O) groups is 3. The zero-order valence-corrected chi connectivity index (χ0v) is 17.9. The van der Waals surface area contributed by atoms with Gasteiger partial charge in [0.2, 0.25) is 0 Å². The Hall–Kier alpha value is -3.69. The molecule has 0 atom stereocenters. The van der Waals surface area contributed by atoms with E-state index in [4.69, 9.17) is 0 Å². The van der Waals surface area contributed by atoms with Crippen molar-refractivity contribution >= 4 is 56.6 Å². The molecular formula is C23H14N2O5S2. The third-order valence-electron chi connectivity index (χ3n) is 5.03. The van der Waals surface area contributed by atoms with Crippen LogP contribution in [0.3, 0.4) is 0 Å².